The minimum absolute atomic E-state index is 0.864. The lowest BCUT2D eigenvalue weighted by atomic mass is 10.1. The Kier molecular flexibility index (Phi) is 2.42. The van der Waals surface area contributed by atoms with Gasteiger partial charge in [-0.3, -0.25) is 0 Å². The lowest BCUT2D eigenvalue weighted by Gasteiger charge is -2.02. The van der Waals surface area contributed by atoms with E-state index in [0.29, 0.717) is 0 Å². The summed E-state index contributed by atoms with van der Waals surface area (Å²) < 4.78 is 0. The van der Waals surface area contributed by atoms with Crippen molar-refractivity contribution in [1.82, 2.24) is 0 Å². The third-order valence-corrected chi connectivity index (χ3v) is 2.63. The molecule has 0 aromatic carbocycles. The van der Waals surface area contributed by atoms with Gasteiger partial charge in [-0.2, -0.15) is 0 Å². The van der Waals surface area contributed by atoms with E-state index in [0.717, 1.165) is 11.7 Å². The summed E-state index contributed by atoms with van der Waals surface area (Å²) in [5.41, 5.74) is 1.20. The number of hydrogen-bond donors (Lipinski definition) is 0. The van der Waals surface area contributed by atoms with Gasteiger partial charge >= 0.3 is 0 Å². The van der Waals surface area contributed by atoms with Crippen molar-refractivity contribution < 1.29 is 4.89 Å². The third kappa shape index (κ3) is 1.80. The van der Waals surface area contributed by atoms with Crippen molar-refractivity contribution >= 4 is 13.1 Å². The third-order valence-electron chi connectivity index (χ3n) is 1.51. The topological polar surface area (TPSA) is 23.1 Å². The molecule has 0 radical (unpaired) electrons. The second kappa shape index (κ2) is 3.14. The van der Waals surface area contributed by atoms with Crippen LogP contribution in [0.2, 0.25) is 0 Å². The van der Waals surface area contributed by atoms with E-state index in [4.69, 9.17) is 0 Å². The van der Waals surface area contributed by atoms with Crippen LogP contribution < -0.4 is 4.89 Å². The van der Waals surface area contributed by atoms with Crippen LogP contribution in [0.3, 0.4) is 0 Å². The van der Waals surface area contributed by atoms with Gasteiger partial charge in [-0.1, -0.05) is 12.2 Å². The Morgan fingerprint density at radius 1 is 1.60 bits per heavy atom. The van der Waals surface area contributed by atoms with Gasteiger partial charge in [-0.25, -0.2) is 0 Å². The predicted molar refractivity (Wildman–Crippen MR) is 45.4 cm³/mol. The minimum atomic E-state index is -1.11. The lowest BCUT2D eigenvalue weighted by molar-refractivity contribution is -0.151. The zero-order chi connectivity index (χ0) is 7.56. The second-order valence-corrected chi connectivity index (χ2v) is 4.05. The summed E-state index contributed by atoms with van der Waals surface area (Å²) in [4.78, 5) is 11.0. The van der Waals surface area contributed by atoms with Gasteiger partial charge in [0.05, 0.1) is 14.4 Å². The van der Waals surface area contributed by atoms with Crippen LogP contribution in [-0.4, -0.2) is 12.0 Å². The molecule has 1 atom stereocenters. The minimum Gasteiger partial charge on any atom is -0.630 e. The average Bonchev–Trinajstić information content (AvgIpc) is 1.88. The van der Waals surface area contributed by atoms with Gasteiger partial charge in [0.1, 0.15) is 5.29 Å². The summed E-state index contributed by atoms with van der Waals surface area (Å²) in [5.74, 6) is 0. The van der Waals surface area contributed by atoms with E-state index in [-0.39, 0.29) is 0 Å². The van der Waals surface area contributed by atoms with Crippen molar-refractivity contribution in [2.75, 3.05) is 6.66 Å². The molecule has 10 heavy (non-hydrogen) atoms. The van der Waals surface area contributed by atoms with E-state index in [9.17, 15) is 4.89 Å². The van der Waals surface area contributed by atoms with Crippen LogP contribution in [0.25, 0.3) is 0 Å². The van der Waals surface area contributed by atoms with Crippen LogP contribution >= 0.6 is 7.77 Å². The Morgan fingerprint density at radius 3 is 2.70 bits per heavy atom. The highest BCUT2D eigenvalue weighted by atomic mass is 31.1. The first-order valence-corrected chi connectivity index (χ1v) is 5.02. The molecule has 1 rings (SSSR count). The molecule has 0 fully saturated rings. The van der Waals surface area contributed by atoms with Crippen LogP contribution in [0.4, 0.5) is 0 Å². The highest BCUT2D eigenvalue weighted by molar-refractivity contribution is 7.51. The normalized spacial score (nSPS) is 22.5. The molecule has 0 aliphatic heterocycles. The molecule has 0 N–H and O–H groups in total. The van der Waals surface area contributed by atoms with Crippen molar-refractivity contribution in [2.24, 2.45) is 0 Å². The molecular weight excluding hydrogens is 143 g/mol. The molecule has 54 valence electrons. The summed E-state index contributed by atoms with van der Waals surface area (Å²) in [6.45, 7) is 3.78. The van der Waals surface area contributed by atoms with Crippen molar-refractivity contribution in [3.63, 3.8) is 0 Å². The van der Waals surface area contributed by atoms with Crippen LogP contribution in [0.5, 0.6) is 0 Å². The summed E-state index contributed by atoms with van der Waals surface area (Å²) in [6, 6.07) is 0. The Bertz CT molecular complexity index is 219. The van der Waals surface area contributed by atoms with Crippen molar-refractivity contribution in [3.05, 3.63) is 23.8 Å². The van der Waals surface area contributed by atoms with Crippen molar-refractivity contribution in [2.45, 2.75) is 13.3 Å². The lowest BCUT2D eigenvalue weighted by Crippen LogP contribution is -2.01. The molecule has 1 unspecified atom stereocenters. The smallest absolute Gasteiger partial charge is 0.120 e. The summed E-state index contributed by atoms with van der Waals surface area (Å²) >= 11 is 0. The Morgan fingerprint density at radius 2 is 2.30 bits per heavy atom. The zero-order valence-electron chi connectivity index (χ0n) is 6.29. The van der Waals surface area contributed by atoms with Gasteiger partial charge in [0, 0.05) is 6.42 Å². The maximum Gasteiger partial charge on any atom is 0.120 e. The molecule has 2 heteroatoms. The molecule has 0 amide bonds. The van der Waals surface area contributed by atoms with E-state index in [1.54, 1.807) is 6.66 Å². The molecule has 0 aromatic heterocycles. The Balaban J connectivity index is 2.89. The standard InChI is InChI=1S/C8H11OP/c1-7-4-3-5-8(6-7)10(2)9/h3-4,6H,5H2,1-2H3. The van der Waals surface area contributed by atoms with Gasteiger partial charge in [0.2, 0.25) is 0 Å². The molecule has 0 heterocycles. The van der Waals surface area contributed by atoms with Gasteiger partial charge in [-0.05, 0) is 18.6 Å². The first-order valence-electron chi connectivity index (χ1n) is 3.31. The molecule has 1 aliphatic carbocycles. The van der Waals surface area contributed by atoms with Crippen LogP contribution in [0.1, 0.15) is 13.3 Å². The van der Waals surface area contributed by atoms with Gasteiger partial charge < -0.3 is 4.89 Å². The van der Waals surface area contributed by atoms with E-state index in [1.165, 1.54) is 5.57 Å². The van der Waals surface area contributed by atoms with Gasteiger partial charge in [0.15, 0.2) is 0 Å². The molecule has 0 saturated heterocycles. The highest BCUT2D eigenvalue weighted by Crippen LogP contribution is 2.16. The van der Waals surface area contributed by atoms with Gasteiger partial charge in [0.25, 0.3) is 0 Å². The van der Waals surface area contributed by atoms with Crippen molar-refractivity contribution in [1.29, 1.82) is 0 Å². The van der Waals surface area contributed by atoms with E-state index < -0.39 is 7.77 Å². The van der Waals surface area contributed by atoms with E-state index in [2.05, 4.69) is 12.2 Å². The quantitative estimate of drug-likeness (QED) is 0.484. The monoisotopic (exact) mass is 154 g/mol. The zero-order valence-corrected chi connectivity index (χ0v) is 7.19. The van der Waals surface area contributed by atoms with Gasteiger partial charge in [-0.15, -0.1) is 0 Å². The second-order valence-electron chi connectivity index (χ2n) is 2.48. The fourth-order valence-electron chi connectivity index (χ4n) is 0.955. The maximum absolute atomic E-state index is 11.0. The summed E-state index contributed by atoms with van der Waals surface area (Å²) in [6.07, 6.45) is 6.99. The van der Waals surface area contributed by atoms with Crippen molar-refractivity contribution in [3.8, 4) is 0 Å². The molecule has 1 nitrogen and oxygen atoms in total. The molecule has 0 aromatic rings. The number of rotatable bonds is 0. The number of hydrogen-bond acceptors (Lipinski definition) is 1. The fourth-order valence-corrected chi connectivity index (χ4v) is 1.70. The molecule has 0 bridgehead atoms. The van der Waals surface area contributed by atoms with E-state index in [1.807, 2.05) is 13.0 Å². The highest BCUT2D eigenvalue weighted by Gasteiger charge is 2.04. The average molecular weight is 154 g/mol. The van der Waals surface area contributed by atoms with E-state index >= 15 is 0 Å². The van der Waals surface area contributed by atoms with Crippen LogP contribution in [0.15, 0.2) is 23.8 Å². The maximum atomic E-state index is 11.0. The number of allylic oxidation sites excluding steroid dienone is 4. The SMILES string of the molecule is CC1=CC(=[P+](C)[O-])CC=C1. The first kappa shape index (κ1) is 7.71. The van der Waals surface area contributed by atoms with Crippen LogP contribution in [-0.2, 0) is 0 Å². The van der Waals surface area contributed by atoms with Crippen LogP contribution in [0, 0.1) is 0 Å². The summed E-state index contributed by atoms with van der Waals surface area (Å²) in [5, 5.41) is 1.06. The molecule has 0 spiro atoms. The molecular formula is C8H11OP. The fraction of sp³-hybridized carbons (Fsp3) is 0.375. The Hall–Kier alpha value is -0.390. The molecule has 0 saturated carbocycles. The molecule has 1 aliphatic rings. The largest absolute Gasteiger partial charge is 0.630 e. The first-order chi connectivity index (χ1) is 4.70. The summed E-state index contributed by atoms with van der Waals surface area (Å²) in [7, 11) is -1.11. The predicted octanol–water partition coefficient (Wildman–Crippen LogP) is 1.45. The Labute approximate surface area is 62.5 Å².